The van der Waals surface area contributed by atoms with Crippen LogP contribution in [0.15, 0.2) is 36.5 Å². The van der Waals surface area contributed by atoms with Crippen molar-refractivity contribution in [1.29, 1.82) is 0 Å². The van der Waals surface area contributed by atoms with Crippen LogP contribution in [0, 0.1) is 0 Å². The molecule has 1 aliphatic rings. The van der Waals surface area contributed by atoms with E-state index in [4.69, 9.17) is 5.11 Å². The Kier molecular flexibility index (Phi) is 4.28. The van der Waals surface area contributed by atoms with Gasteiger partial charge in [-0.3, -0.25) is 9.88 Å². The van der Waals surface area contributed by atoms with Gasteiger partial charge in [0.15, 0.2) is 0 Å². The molecule has 1 aromatic heterocycles. The van der Waals surface area contributed by atoms with E-state index in [1.54, 1.807) is 0 Å². The number of hydrogen-bond acceptors (Lipinski definition) is 3. The molecule has 0 spiro atoms. The zero-order chi connectivity index (χ0) is 13.8. The summed E-state index contributed by atoms with van der Waals surface area (Å²) in [6.07, 6.45) is 6.71. The zero-order valence-corrected chi connectivity index (χ0v) is 11.8. The van der Waals surface area contributed by atoms with E-state index in [1.165, 1.54) is 30.2 Å². The summed E-state index contributed by atoms with van der Waals surface area (Å²) in [6, 6.07) is 11.2. The first-order chi connectivity index (χ1) is 9.88. The summed E-state index contributed by atoms with van der Waals surface area (Å²) in [5, 5.41) is 10.3. The van der Waals surface area contributed by atoms with Crippen LogP contribution in [0.5, 0.6) is 0 Å². The number of para-hydroxylation sites is 1. The summed E-state index contributed by atoms with van der Waals surface area (Å²) >= 11 is 0. The van der Waals surface area contributed by atoms with Gasteiger partial charge in [-0.1, -0.05) is 24.6 Å². The second-order valence-corrected chi connectivity index (χ2v) is 5.62. The Morgan fingerprint density at radius 3 is 2.80 bits per heavy atom. The molecule has 1 N–H and O–H groups in total. The summed E-state index contributed by atoms with van der Waals surface area (Å²) in [5.41, 5.74) is 2.42. The van der Waals surface area contributed by atoms with Crippen molar-refractivity contribution in [3.05, 3.63) is 42.1 Å². The molecule has 20 heavy (non-hydrogen) atoms. The van der Waals surface area contributed by atoms with Gasteiger partial charge in [-0.25, -0.2) is 0 Å². The van der Waals surface area contributed by atoms with Crippen LogP contribution < -0.4 is 0 Å². The van der Waals surface area contributed by atoms with E-state index in [0.29, 0.717) is 6.04 Å². The molecule has 3 rings (SSSR count). The summed E-state index contributed by atoms with van der Waals surface area (Å²) < 4.78 is 0. The third kappa shape index (κ3) is 2.84. The van der Waals surface area contributed by atoms with Crippen LogP contribution in [0.4, 0.5) is 0 Å². The van der Waals surface area contributed by atoms with Crippen molar-refractivity contribution in [3.8, 4) is 0 Å². The predicted octanol–water partition coefficient (Wildman–Crippen LogP) is 2.97. The Labute approximate surface area is 120 Å². The lowest BCUT2D eigenvalue weighted by atomic mass is 9.91. The molecule has 0 amide bonds. The highest BCUT2D eigenvalue weighted by Crippen LogP contribution is 2.27. The van der Waals surface area contributed by atoms with E-state index < -0.39 is 0 Å². The Hall–Kier alpha value is -1.45. The van der Waals surface area contributed by atoms with Gasteiger partial charge in [0.05, 0.1) is 5.52 Å². The Bertz CT molecular complexity index is 560. The van der Waals surface area contributed by atoms with Crippen LogP contribution in [-0.4, -0.2) is 34.2 Å². The van der Waals surface area contributed by atoms with Crippen molar-refractivity contribution in [3.63, 3.8) is 0 Å². The van der Waals surface area contributed by atoms with Crippen molar-refractivity contribution in [2.45, 2.75) is 38.3 Å². The second-order valence-electron chi connectivity index (χ2n) is 5.62. The summed E-state index contributed by atoms with van der Waals surface area (Å²) in [6.45, 7) is 2.23. The average molecular weight is 270 g/mol. The van der Waals surface area contributed by atoms with E-state index in [-0.39, 0.29) is 6.61 Å². The number of rotatable bonds is 6. The standard InChI is InChI=1S/C17H22N2O/c20-12-4-11-19(15-5-3-6-15)13-14-9-10-18-17-8-2-1-7-16(14)17/h1-2,7-10,15,20H,3-6,11-13H2. The fourth-order valence-corrected chi connectivity index (χ4v) is 2.93. The van der Waals surface area contributed by atoms with Crippen molar-refractivity contribution >= 4 is 10.9 Å². The number of fused-ring (bicyclic) bond motifs is 1. The fraction of sp³-hybridized carbons (Fsp3) is 0.471. The first-order valence-corrected chi connectivity index (χ1v) is 7.56. The number of aromatic nitrogens is 1. The summed E-state index contributed by atoms with van der Waals surface area (Å²) in [7, 11) is 0. The number of benzene rings is 1. The van der Waals surface area contributed by atoms with Gasteiger partial charge in [0.1, 0.15) is 0 Å². The number of nitrogens with zero attached hydrogens (tertiary/aromatic N) is 2. The molecular weight excluding hydrogens is 248 g/mol. The summed E-state index contributed by atoms with van der Waals surface area (Å²) in [4.78, 5) is 6.96. The maximum Gasteiger partial charge on any atom is 0.0705 e. The van der Waals surface area contributed by atoms with Crippen LogP contribution >= 0.6 is 0 Å². The minimum Gasteiger partial charge on any atom is -0.396 e. The van der Waals surface area contributed by atoms with E-state index in [1.807, 2.05) is 12.3 Å². The molecule has 0 aliphatic heterocycles. The van der Waals surface area contributed by atoms with Gasteiger partial charge in [-0.05, 0) is 37.0 Å². The smallest absolute Gasteiger partial charge is 0.0705 e. The molecule has 2 aromatic rings. The molecule has 0 saturated heterocycles. The molecule has 1 aliphatic carbocycles. The third-order valence-corrected chi connectivity index (χ3v) is 4.31. The van der Waals surface area contributed by atoms with Crippen molar-refractivity contribution in [1.82, 2.24) is 9.88 Å². The molecule has 0 radical (unpaired) electrons. The number of pyridine rings is 1. The maximum atomic E-state index is 9.09. The van der Waals surface area contributed by atoms with Crippen LogP contribution in [0.1, 0.15) is 31.2 Å². The van der Waals surface area contributed by atoms with Crippen LogP contribution in [-0.2, 0) is 6.54 Å². The largest absolute Gasteiger partial charge is 0.396 e. The molecule has 0 atom stereocenters. The van der Waals surface area contributed by atoms with Gasteiger partial charge >= 0.3 is 0 Å². The Morgan fingerprint density at radius 2 is 2.05 bits per heavy atom. The Balaban J connectivity index is 1.82. The van der Waals surface area contributed by atoms with Gasteiger partial charge in [0.2, 0.25) is 0 Å². The molecule has 1 heterocycles. The lowest BCUT2D eigenvalue weighted by Crippen LogP contribution is -2.40. The van der Waals surface area contributed by atoms with Crippen molar-refractivity contribution < 1.29 is 5.11 Å². The molecule has 1 saturated carbocycles. The number of aliphatic hydroxyl groups excluding tert-OH is 1. The normalized spacial score (nSPS) is 15.7. The minimum atomic E-state index is 0.278. The van der Waals surface area contributed by atoms with Gasteiger partial charge in [-0.15, -0.1) is 0 Å². The van der Waals surface area contributed by atoms with Gasteiger partial charge < -0.3 is 5.11 Å². The zero-order valence-electron chi connectivity index (χ0n) is 11.8. The molecule has 106 valence electrons. The highest BCUT2D eigenvalue weighted by molar-refractivity contribution is 5.81. The molecule has 1 fully saturated rings. The highest BCUT2D eigenvalue weighted by atomic mass is 16.3. The lowest BCUT2D eigenvalue weighted by Gasteiger charge is -2.37. The van der Waals surface area contributed by atoms with Gasteiger partial charge in [-0.2, -0.15) is 0 Å². The van der Waals surface area contributed by atoms with E-state index in [9.17, 15) is 0 Å². The predicted molar refractivity (Wildman–Crippen MR) is 81.5 cm³/mol. The quantitative estimate of drug-likeness (QED) is 0.876. The summed E-state index contributed by atoms with van der Waals surface area (Å²) in [5.74, 6) is 0. The monoisotopic (exact) mass is 270 g/mol. The molecule has 0 bridgehead atoms. The molecule has 3 heteroatoms. The van der Waals surface area contributed by atoms with E-state index in [2.05, 4.69) is 34.1 Å². The topological polar surface area (TPSA) is 36.4 Å². The molecule has 1 aromatic carbocycles. The maximum absolute atomic E-state index is 9.09. The highest BCUT2D eigenvalue weighted by Gasteiger charge is 2.24. The van der Waals surface area contributed by atoms with Crippen LogP contribution in [0.2, 0.25) is 0 Å². The van der Waals surface area contributed by atoms with Crippen molar-refractivity contribution in [2.75, 3.05) is 13.2 Å². The molecular formula is C17H22N2O. The van der Waals surface area contributed by atoms with Crippen LogP contribution in [0.3, 0.4) is 0 Å². The van der Waals surface area contributed by atoms with Crippen LogP contribution in [0.25, 0.3) is 10.9 Å². The van der Waals surface area contributed by atoms with Crippen molar-refractivity contribution in [2.24, 2.45) is 0 Å². The first kappa shape index (κ1) is 13.5. The second kappa shape index (κ2) is 6.33. The molecule has 0 unspecified atom stereocenters. The van der Waals surface area contributed by atoms with E-state index >= 15 is 0 Å². The fourth-order valence-electron chi connectivity index (χ4n) is 2.93. The third-order valence-electron chi connectivity index (χ3n) is 4.31. The Morgan fingerprint density at radius 1 is 1.20 bits per heavy atom. The SMILES string of the molecule is OCCCN(Cc1ccnc2ccccc12)C1CCC1. The number of aliphatic hydroxyl groups is 1. The van der Waals surface area contributed by atoms with Gasteiger partial charge in [0.25, 0.3) is 0 Å². The van der Waals surface area contributed by atoms with Gasteiger partial charge in [0, 0.05) is 37.3 Å². The number of hydrogen-bond donors (Lipinski definition) is 1. The molecule has 3 nitrogen and oxygen atoms in total. The van der Waals surface area contributed by atoms with E-state index in [0.717, 1.165) is 25.0 Å². The lowest BCUT2D eigenvalue weighted by molar-refractivity contribution is 0.110. The average Bonchev–Trinajstić information content (AvgIpc) is 2.43. The minimum absolute atomic E-state index is 0.278. The first-order valence-electron chi connectivity index (χ1n) is 7.56.